The summed E-state index contributed by atoms with van der Waals surface area (Å²) in [5.41, 5.74) is 5.11. The molecule has 2 aromatic rings. The first-order valence-corrected chi connectivity index (χ1v) is 5.79. The molecule has 0 aliphatic heterocycles. The summed E-state index contributed by atoms with van der Waals surface area (Å²) in [6.07, 6.45) is 0. The van der Waals surface area contributed by atoms with Crippen molar-refractivity contribution in [2.75, 3.05) is 0 Å². The minimum absolute atomic E-state index is 1.14. The lowest BCUT2D eigenvalue weighted by Crippen LogP contribution is -2.01. The number of aryl methyl sites for hydroxylation is 1. The molecular formula is C13H12BBr. The Bertz CT molecular complexity index is 454. The van der Waals surface area contributed by atoms with Crippen LogP contribution in [0.3, 0.4) is 0 Å². The summed E-state index contributed by atoms with van der Waals surface area (Å²) in [6.45, 7) is 2.11. The van der Waals surface area contributed by atoms with Crippen LogP contribution in [0.5, 0.6) is 0 Å². The molecular weight excluding hydrogens is 247 g/mol. The maximum absolute atomic E-state index is 3.52. The molecule has 0 unspecified atom stereocenters. The van der Waals surface area contributed by atoms with Gasteiger partial charge in [0.15, 0.2) is 0 Å². The Balaban J connectivity index is 2.49. The zero-order valence-electron chi connectivity index (χ0n) is 8.92. The Morgan fingerprint density at radius 1 is 0.933 bits per heavy atom. The van der Waals surface area contributed by atoms with Gasteiger partial charge < -0.3 is 0 Å². The molecule has 2 heteroatoms. The van der Waals surface area contributed by atoms with E-state index in [4.69, 9.17) is 0 Å². The highest BCUT2D eigenvalue weighted by Crippen LogP contribution is 2.22. The molecule has 0 radical (unpaired) electrons. The lowest BCUT2D eigenvalue weighted by Gasteiger charge is -2.05. The van der Waals surface area contributed by atoms with Gasteiger partial charge in [0.25, 0.3) is 0 Å². The Kier molecular flexibility index (Phi) is 2.97. The van der Waals surface area contributed by atoms with Crippen LogP contribution in [0.1, 0.15) is 5.56 Å². The number of benzene rings is 2. The lowest BCUT2D eigenvalue weighted by molar-refractivity contribution is 1.47. The molecule has 0 aromatic heterocycles. The fourth-order valence-corrected chi connectivity index (χ4v) is 2.26. The average Bonchev–Trinajstić information content (AvgIpc) is 2.17. The molecule has 0 saturated carbocycles. The van der Waals surface area contributed by atoms with Crippen molar-refractivity contribution < 1.29 is 0 Å². The van der Waals surface area contributed by atoms with Crippen LogP contribution in [0.4, 0.5) is 0 Å². The largest absolute Gasteiger partial charge is 0.139 e. The standard InChI is InChI=1S/C13H12BBr/c1-9-2-4-10(5-3-9)11-6-12(14)8-13(15)7-11/h2-8H,14H2,1H3. The minimum atomic E-state index is 1.14. The molecule has 0 atom stereocenters. The van der Waals surface area contributed by atoms with Gasteiger partial charge in [-0.3, -0.25) is 0 Å². The van der Waals surface area contributed by atoms with E-state index in [1.54, 1.807) is 0 Å². The van der Waals surface area contributed by atoms with Gasteiger partial charge in [-0.1, -0.05) is 63.4 Å². The van der Waals surface area contributed by atoms with Gasteiger partial charge >= 0.3 is 0 Å². The van der Waals surface area contributed by atoms with Crippen LogP contribution in [0.2, 0.25) is 0 Å². The molecule has 0 saturated heterocycles. The predicted molar refractivity (Wildman–Crippen MR) is 72.5 cm³/mol. The summed E-state index contributed by atoms with van der Waals surface area (Å²) in [5, 5.41) is 0. The summed E-state index contributed by atoms with van der Waals surface area (Å²) in [4.78, 5) is 0. The number of hydrogen-bond donors (Lipinski definition) is 0. The predicted octanol–water partition coefficient (Wildman–Crippen LogP) is 2.68. The van der Waals surface area contributed by atoms with Crippen molar-refractivity contribution in [3.8, 4) is 11.1 Å². The second kappa shape index (κ2) is 4.24. The van der Waals surface area contributed by atoms with E-state index in [9.17, 15) is 0 Å². The fourth-order valence-electron chi connectivity index (χ4n) is 1.65. The second-order valence-electron chi connectivity index (χ2n) is 3.88. The van der Waals surface area contributed by atoms with Crippen molar-refractivity contribution in [1.82, 2.24) is 0 Å². The summed E-state index contributed by atoms with van der Waals surface area (Å²) in [6, 6.07) is 15.1. The van der Waals surface area contributed by atoms with Gasteiger partial charge in [-0.05, 0) is 24.1 Å². The van der Waals surface area contributed by atoms with Crippen molar-refractivity contribution in [1.29, 1.82) is 0 Å². The van der Waals surface area contributed by atoms with E-state index in [2.05, 4.69) is 73.2 Å². The molecule has 2 aromatic carbocycles. The zero-order chi connectivity index (χ0) is 10.8. The van der Waals surface area contributed by atoms with Gasteiger partial charge in [-0.2, -0.15) is 0 Å². The van der Waals surface area contributed by atoms with Crippen LogP contribution >= 0.6 is 15.9 Å². The number of rotatable bonds is 1. The zero-order valence-corrected chi connectivity index (χ0v) is 10.5. The Morgan fingerprint density at radius 2 is 1.60 bits per heavy atom. The highest BCUT2D eigenvalue weighted by Gasteiger charge is 1.99. The smallest absolute Gasteiger partial charge is 0.0872 e. The summed E-state index contributed by atoms with van der Waals surface area (Å²) in [5.74, 6) is 0. The van der Waals surface area contributed by atoms with Crippen molar-refractivity contribution in [3.63, 3.8) is 0 Å². The van der Waals surface area contributed by atoms with Crippen molar-refractivity contribution in [3.05, 3.63) is 52.5 Å². The van der Waals surface area contributed by atoms with Crippen LogP contribution in [-0.2, 0) is 0 Å². The quantitative estimate of drug-likeness (QED) is 0.690. The molecule has 0 aliphatic rings. The third kappa shape index (κ3) is 2.51. The van der Waals surface area contributed by atoms with Gasteiger partial charge in [0.1, 0.15) is 7.85 Å². The summed E-state index contributed by atoms with van der Waals surface area (Å²) in [7, 11) is 2.11. The molecule has 0 aliphatic carbocycles. The van der Waals surface area contributed by atoms with E-state index in [0.29, 0.717) is 0 Å². The molecule has 74 valence electrons. The molecule has 0 heterocycles. The van der Waals surface area contributed by atoms with Gasteiger partial charge in [-0.15, -0.1) is 0 Å². The summed E-state index contributed by atoms with van der Waals surface area (Å²) >= 11 is 3.52. The molecule has 0 amide bonds. The van der Waals surface area contributed by atoms with E-state index in [1.165, 1.54) is 22.2 Å². The van der Waals surface area contributed by atoms with Crippen LogP contribution in [0.25, 0.3) is 11.1 Å². The van der Waals surface area contributed by atoms with Crippen LogP contribution in [0, 0.1) is 6.92 Å². The maximum Gasteiger partial charge on any atom is 0.139 e. The van der Waals surface area contributed by atoms with Gasteiger partial charge in [0, 0.05) is 4.47 Å². The lowest BCUT2D eigenvalue weighted by atomic mass is 9.92. The molecule has 15 heavy (non-hydrogen) atoms. The third-order valence-corrected chi connectivity index (χ3v) is 2.88. The minimum Gasteiger partial charge on any atom is -0.0872 e. The van der Waals surface area contributed by atoms with Crippen molar-refractivity contribution in [2.45, 2.75) is 6.92 Å². The third-order valence-electron chi connectivity index (χ3n) is 2.43. The van der Waals surface area contributed by atoms with E-state index in [1.807, 2.05) is 0 Å². The van der Waals surface area contributed by atoms with Crippen LogP contribution in [-0.4, -0.2) is 7.85 Å². The van der Waals surface area contributed by atoms with E-state index in [0.717, 1.165) is 4.47 Å². The fraction of sp³-hybridized carbons (Fsp3) is 0.0769. The Morgan fingerprint density at radius 3 is 2.20 bits per heavy atom. The molecule has 0 N–H and O–H groups in total. The van der Waals surface area contributed by atoms with Crippen molar-refractivity contribution >= 4 is 29.2 Å². The van der Waals surface area contributed by atoms with Crippen LogP contribution < -0.4 is 5.46 Å². The SMILES string of the molecule is Bc1cc(Br)cc(-c2ccc(C)cc2)c1. The molecule has 0 nitrogen and oxygen atoms in total. The first-order chi connectivity index (χ1) is 7.15. The monoisotopic (exact) mass is 258 g/mol. The first kappa shape index (κ1) is 10.5. The number of halogens is 1. The van der Waals surface area contributed by atoms with Crippen LogP contribution in [0.15, 0.2) is 46.9 Å². The topological polar surface area (TPSA) is 0 Å². The highest BCUT2D eigenvalue weighted by molar-refractivity contribution is 9.10. The van der Waals surface area contributed by atoms with Gasteiger partial charge in [0.2, 0.25) is 0 Å². The first-order valence-electron chi connectivity index (χ1n) is 4.99. The maximum atomic E-state index is 3.52. The Hall–Kier alpha value is -1.02. The Labute approximate surface area is 99.9 Å². The normalized spacial score (nSPS) is 10.3. The average molecular weight is 259 g/mol. The molecule has 0 bridgehead atoms. The molecule has 0 fully saturated rings. The molecule has 0 spiro atoms. The van der Waals surface area contributed by atoms with E-state index in [-0.39, 0.29) is 0 Å². The number of hydrogen-bond acceptors (Lipinski definition) is 0. The van der Waals surface area contributed by atoms with E-state index < -0.39 is 0 Å². The molecule has 2 rings (SSSR count). The van der Waals surface area contributed by atoms with E-state index >= 15 is 0 Å². The van der Waals surface area contributed by atoms with Gasteiger partial charge in [0.05, 0.1) is 0 Å². The van der Waals surface area contributed by atoms with Gasteiger partial charge in [-0.25, -0.2) is 0 Å². The highest BCUT2D eigenvalue weighted by atomic mass is 79.9. The summed E-state index contributed by atoms with van der Waals surface area (Å²) < 4.78 is 1.14. The van der Waals surface area contributed by atoms with Crippen molar-refractivity contribution in [2.24, 2.45) is 0 Å². The second-order valence-corrected chi connectivity index (χ2v) is 4.80.